The molecule has 2 N–H and O–H groups in total. The second-order valence-electron chi connectivity index (χ2n) is 10.9. The molecule has 0 saturated heterocycles. The first-order valence-corrected chi connectivity index (χ1v) is 18.2. The minimum absolute atomic E-state index is 0. The van der Waals surface area contributed by atoms with Crippen LogP contribution in [0.2, 0.25) is 0 Å². The molecule has 0 amide bonds. The molecular formula is C38H37BrCuN7PS2. The molecule has 0 aromatic heterocycles. The number of halogens is 1. The molecule has 5 aromatic carbocycles. The first-order valence-electron chi connectivity index (χ1n) is 15.4. The van der Waals surface area contributed by atoms with Crippen LogP contribution in [0.25, 0.3) is 0 Å². The Kier molecular flexibility index (Phi) is 16.2. The monoisotopic (exact) mass is 828 g/mol. The summed E-state index contributed by atoms with van der Waals surface area (Å²) < 4.78 is 0. The van der Waals surface area contributed by atoms with Gasteiger partial charge in [-0.05, 0) is 53.7 Å². The zero-order valence-electron chi connectivity index (χ0n) is 27.7. The molecule has 0 aliphatic rings. The van der Waals surface area contributed by atoms with Crippen LogP contribution >= 0.6 is 7.26 Å². The molecule has 0 saturated carbocycles. The number of nitrogens with one attached hydrogen (secondary N) is 2. The largest absolute Gasteiger partial charge is 2.00 e. The Labute approximate surface area is 327 Å². The summed E-state index contributed by atoms with van der Waals surface area (Å²) in [6, 6.07) is 49.6. The summed E-state index contributed by atoms with van der Waals surface area (Å²) in [5.41, 5.74) is 3.69. The van der Waals surface area contributed by atoms with Crippen LogP contribution in [0.1, 0.15) is 11.1 Å². The van der Waals surface area contributed by atoms with Gasteiger partial charge < -0.3 is 57.8 Å². The minimum atomic E-state index is -2.19. The molecular weight excluding hydrogens is 793 g/mol. The molecule has 0 spiro atoms. The SMILES string of the molecule is CNC([S-])=NN=C(C(=NN=C([S-])NC[P+](c1ccccc1)(c1ccccc1)c1ccccc1)c1ccccc1)c1ccc(N(C)C)cc1.[Br-].[Cu+2]. The van der Waals surface area contributed by atoms with Gasteiger partial charge in [0.05, 0.1) is 0 Å². The van der Waals surface area contributed by atoms with E-state index >= 15 is 0 Å². The summed E-state index contributed by atoms with van der Waals surface area (Å²) in [7, 11) is 3.52. The molecule has 259 valence electrons. The van der Waals surface area contributed by atoms with E-state index in [0.717, 1.165) is 16.8 Å². The number of rotatable bonds is 11. The molecule has 0 heterocycles. The second-order valence-corrected chi connectivity index (χ2v) is 15.2. The van der Waals surface area contributed by atoms with Crippen LogP contribution in [-0.4, -0.2) is 49.2 Å². The summed E-state index contributed by atoms with van der Waals surface area (Å²) in [4.78, 5) is 2.04. The maximum Gasteiger partial charge on any atom is 2.00 e. The third-order valence-corrected chi connectivity index (χ3v) is 12.4. The van der Waals surface area contributed by atoms with E-state index in [9.17, 15) is 0 Å². The van der Waals surface area contributed by atoms with Gasteiger partial charge in [-0.1, -0.05) is 97.1 Å². The summed E-state index contributed by atoms with van der Waals surface area (Å²) in [6.07, 6.45) is 0.558. The first kappa shape index (κ1) is 40.5. The van der Waals surface area contributed by atoms with Crippen LogP contribution in [0.5, 0.6) is 0 Å². The fraction of sp³-hybridized carbons (Fsp3) is 0.105. The van der Waals surface area contributed by atoms with Gasteiger partial charge in [0.2, 0.25) is 0 Å². The number of anilines is 1. The quantitative estimate of drug-likeness (QED) is 0.0535. The van der Waals surface area contributed by atoms with Crippen molar-refractivity contribution in [3.8, 4) is 0 Å². The van der Waals surface area contributed by atoms with E-state index in [2.05, 4.69) is 98.7 Å². The van der Waals surface area contributed by atoms with Crippen LogP contribution in [0.3, 0.4) is 0 Å². The summed E-state index contributed by atoms with van der Waals surface area (Å²) in [5.74, 6) is 0. The molecule has 0 unspecified atom stereocenters. The van der Waals surface area contributed by atoms with Crippen molar-refractivity contribution < 1.29 is 34.1 Å². The van der Waals surface area contributed by atoms with Crippen molar-refractivity contribution in [3.63, 3.8) is 0 Å². The van der Waals surface area contributed by atoms with E-state index < -0.39 is 7.26 Å². The van der Waals surface area contributed by atoms with Crippen molar-refractivity contribution in [1.82, 2.24) is 10.6 Å². The average molecular weight is 830 g/mol. The molecule has 7 nitrogen and oxygen atoms in total. The molecule has 5 rings (SSSR count). The van der Waals surface area contributed by atoms with E-state index in [1.54, 1.807) is 7.05 Å². The van der Waals surface area contributed by atoms with Gasteiger partial charge in [0, 0.05) is 43.1 Å². The van der Waals surface area contributed by atoms with Crippen LogP contribution in [0, 0.1) is 0 Å². The molecule has 0 aliphatic heterocycles. The van der Waals surface area contributed by atoms with E-state index in [0.29, 0.717) is 17.7 Å². The fourth-order valence-corrected chi connectivity index (χ4v) is 9.36. The number of amidine groups is 2. The smallest absolute Gasteiger partial charge is 1.00 e. The van der Waals surface area contributed by atoms with Crippen molar-refractivity contribution >= 4 is 75.9 Å². The standard InChI is InChI=1S/C38H38N7PS2.BrH.Cu/c1-39-37(47)43-41-36(30-24-26-31(27-25-30)45(2)3)35(29-16-8-4-9-17-29)42-44-38(48)40-28-46(32-18-10-5-11-19-32,33-20-12-6-13-21-33)34-22-14-7-15-23-34;;/h4-27H,28H2,1-3H3,(H3-,39,40,41,42,43,44,47,48);1H;/q;;+2/p-2. The molecule has 12 heteroatoms. The minimum Gasteiger partial charge on any atom is -1.00 e. The van der Waals surface area contributed by atoms with Gasteiger partial charge >= 0.3 is 17.1 Å². The van der Waals surface area contributed by atoms with Gasteiger partial charge in [0.25, 0.3) is 0 Å². The Hall–Kier alpha value is -3.95. The molecule has 0 fully saturated rings. The Morgan fingerprint density at radius 3 is 1.34 bits per heavy atom. The van der Waals surface area contributed by atoms with Crippen LogP contribution in [0.15, 0.2) is 166 Å². The zero-order valence-corrected chi connectivity index (χ0v) is 32.8. The van der Waals surface area contributed by atoms with Gasteiger partial charge in [0.1, 0.15) is 40.9 Å². The van der Waals surface area contributed by atoms with Gasteiger partial charge in [-0.3, -0.25) is 0 Å². The topological polar surface area (TPSA) is 76.7 Å². The molecule has 0 aliphatic carbocycles. The normalized spacial score (nSPS) is 12.3. The van der Waals surface area contributed by atoms with E-state index in [1.165, 1.54) is 15.9 Å². The third kappa shape index (κ3) is 10.1. The summed E-state index contributed by atoms with van der Waals surface area (Å²) >= 11 is 11.1. The number of nitrogens with zero attached hydrogens (tertiary/aromatic N) is 5. The van der Waals surface area contributed by atoms with Crippen LogP contribution in [-0.2, 0) is 42.3 Å². The van der Waals surface area contributed by atoms with E-state index in [1.807, 2.05) is 91.8 Å². The number of hydrogen-bond donors (Lipinski definition) is 2. The molecule has 0 atom stereocenters. The average Bonchev–Trinajstić information content (AvgIpc) is 3.14. The molecule has 5 aromatic rings. The van der Waals surface area contributed by atoms with Gasteiger partial charge in [-0.2, -0.15) is 10.2 Å². The van der Waals surface area contributed by atoms with Gasteiger partial charge in [-0.25, -0.2) is 0 Å². The summed E-state index contributed by atoms with van der Waals surface area (Å²) in [6.45, 7) is 0. The Bertz CT molecular complexity index is 1800. The first-order chi connectivity index (χ1) is 23.4. The maximum absolute atomic E-state index is 5.85. The predicted octanol–water partition coefficient (Wildman–Crippen LogP) is 2.43. The van der Waals surface area contributed by atoms with E-state index in [4.69, 9.17) is 30.4 Å². The van der Waals surface area contributed by atoms with Crippen molar-refractivity contribution in [2.75, 3.05) is 32.3 Å². The third-order valence-electron chi connectivity index (χ3n) is 7.68. The zero-order chi connectivity index (χ0) is 33.8. The Balaban J connectivity index is 0.00000338. The fourth-order valence-electron chi connectivity index (χ4n) is 5.23. The summed E-state index contributed by atoms with van der Waals surface area (Å²) in [5, 5.41) is 28.7. The molecule has 1 radical (unpaired) electrons. The molecule has 50 heavy (non-hydrogen) atoms. The van der Waals surface area contributed by atoms with Gasteiger partial charge in [0.15, 0.2) is 0 Å². The van der Waals surface area contributed by atoms with Gasteiger partial charge in [-0.15, -0.1) is 10.2 Å². The van der Waals surface area contributed by atoms with Crippen LogP contribution in [0.4, 0.5) is 5.69 Å². The van der Waals surface area contributed by atoms with Crippen molar-refractivity contribution in [2.24, 2.45) is 20.4 Å². The maximum atomic E-state index is 5.85. The Morgan fingerprint density at radius 1 is 0.560 bits per heavy atom. The predicted molar refractivity (Wildman–Crippen MR) is 212 cm³/mol. The second kappa shape index (κ2) is 20.0. The number of hydrogen-bond acceptors (Lipinski definition) is 7. The van der Waals surface area contributed by atoms with E-state index in [-0.39, 0.29) is 44.4 Å². The Morgan fingerprint density at radius 2 is 0.940 bits per heavy atom. The van der Waals surface area contributed by atoms with Crippen molar-refractivity contribution in [1.29, 1.82) is 0 Å². The number of benzene rings is 5. The van der Waals surface area contributed by atoms with Crippen LogP contribution < -0.4 is 48.4 Å². The van der Waals surface area contributed by atoms with Crippen molar-refractivity contribution in [3.05, 3.63) is 157 Å². The van der Waals surface area contributed by atoms with Crippen molar-refractivity contribution in [2.45, 2.75) is 0 Å². The molecule has 0 bridgehead atoms.